The monoisotopic (exact) mass is 341 g/mol. The average Bonchev–Trinajstić information content (AvgIpc) is 3.11. The molecule has 0 atom stereocenters. The Morgan fingerprint density at radius 2 is 2.00 bits per heavy atom. The summed E-state index contributed by atoms with van der Waals surface area (Å²) in [6.45, 7) is 4.57. The summed E-state index contributed by atoms with van der Waals surface area (Å²) in [7, 11) is -3.70. The number of hydrogen-bond donors (Lipinski definition) is 1. The Balaban J connectivity index is 1.83. The maximum absolute atomic E-state index is 12.4. The zero-order valence-corrected chi connectivity index (χ0v) is 13.7. The van der Waals surface area contributed by atoms with Crippen LogP contribution in [0.2, 0.25) is 0 Å². The molecular formula is C13H15N3O4S2. The van der Waals surface area contributed by atoms with Crippen molar-refractivity contribution in [1.82, 2.24) is 9.97 Å². The van der Waals surface area contributed by atoms with E-state index in [1.165, 1.54) is 6.20 Å². The average molecular weight is 341 g/mol. The third kappa shape index (κ3) is 3.12. The summed E-state index contributed by atoms with van der Waals surface area (Å²) in [6.07, 6.45) is 0.737. The number of pyridine rings is 1. The summed E-state index contributed by atoms with van der Waals surface area (Å²) >= 11 is 1.03. The highest BCUT2D eigenvalue weighted by molar-refractivity contribution is 7.94. The van der Waals surface area contributed by atoms with Crippen molar-refractivity contribution in [3.8, 4) is 0 Å². The third-order valence-electron chi connectivity index (χ3n) is 3.06. The van der Waals surface area contributed by atoms with Crippen LogP contribution in [0.4, 0.5) is 5.69 Å². The highest BCUT2D eigenvalue weighted by Crippen LogP contribution is 2.30. The van der Waals surface area contributed by atoms with Gasteiger partial charge < -0.3 is 9.47 Å². The molecule has 0 spiro atoms. The van der Waals surface area contributed by atoms with Gasteiger partial charge in [-0.25, -0.2) is 13.4 Å². The largest absolute Gasteiger partial charge is 0.344 e. The molecule has 0 saturated carbocycles. The molecule has 3 heterocycles. The first-order valence-corrected chi connectivity index (χ1v) is 8.92. The second kappa shape index (κ2) is 5.92. The molecule has 2 aromatic rings. The van der Waals surface area contributed by atoms with Gasteiger partial charge in [0, 0.05) is 5.69 Å². The van der Waals surface area contributed by atoms with Gasteiger partial charge in [-0.15, -0.1) is 11.3 Å². The quantitative estimate of drug-likeness (QED) is 0.915. The summed E-state index contributed by atoms with van der Waals surface area (Å²) < 4.78 is 38.1. The second-order valence-corrected chi connectivity index (χ2v) is 7.75. The molecule has 22 heavy (non-hydrogen) atoms. The second-order valence-electron chi connectivity index (χ2n) is 4.78. The molecule has 2 aromatic heterocycles. The smallest absolute Gasteiger partial charge is 0.273 e. The fraction of sp³-hybridized carbons (Fsp3) is 0.385. The molecule has 118 valence electrons. The molecule has 0 bridgehead atoms. The molecule has 3 rings (SSSR count). The minimum Gasteiger partial charge on any atom is -0.344 e. The first kappa shape index (κ1) is 15.3. The van der Waals surface area contributed by atoms with Crippen molar-refractivity contribution in [2.45, 2.75) is 24.3 Å². The number of ether oxygens (including phenoxy) is 2. The normalized spacial score (nSPS) is 16.1. The van der Waals surface area contributed by atoms with Gasteiger partial charge in [-0.3, -0.25) is 9.71 Å². The Hall–Kier alpha value is -1.55. The van der Waals surface area contributed by atoms with Gasteiger partial charge in [0.15, 0.2) is 9.22 Å². The Morgan fingerprint density at radius 3 is 2.68 bits per heavy atom. The topological polar surface area (TPSA) is 90.4 Å². The zero-order chi connectivity index (χ0) is 15.7. The van der Waals surface area contributed by atoms with Crippen molar-refractivity contribution in [3.05, 3.63) is 34.7 Å². The van der Waals surface area contributed by atoms with Crippen LogP contribution in [0.25, 0.3) is 0 Å². The minimum atomic E-state index is -3.70. The van der Waals surface area contributed by atoms with E-state index in [1.807, 2.05) is 6.92 Å². The highest BCUT2D eigenvalue weighted by Gasteiger charge is 2.25. The molecule has 1 N–H and O–H groups in total. The molecule has 1 fully saturated rings. The number of hydrogen-bond acceptors (Lipinski definition) is 7. The van der Waals surface area contributed by atoms with Gasteiger partial charge in [0.1, 0.15) is 0 Å². The number of nitrogens with one attached hydrogen (secondary N) is 1. The van der Waals surface area contributed by atoms with Crippen molar-refractivity contribution >= 4 is 27.0 Å². The number of nitrogens with zero attached hydrogens (tertiary/aromatic N) is 2. The van der Waals surface area contributed by atoms with E-state index in [-0.39, 0.29) is 4.21 Å². The van der Waals surface area contributed by atoms with Crippen molar-refractivity contribution in [3.63, 3.8) is 0 Å². The fourth-order valence-corrected chi connectivity index (χ4v) is 4.26. The summed E-state index contributed by atoms with van der Waals surface area (Å²) in [5.74, 6) is 0. The van der Waals surface area contributed by atoms with Gasteiger partial charge in [-0.2, -0.15) is 0 Å². The van der Waals surface area contributed by atoms with Crippen LogP contribution in [0.5, 0.6) is 0 Å². The number of aromatic nitrogens is 2. The van der Waals surface area contributed by atoms with Gasteiger partial charge in [-0.05, 0) is 26.0 Å². The van der Waals surface area contributed by atoms with Gasteiger partial charge >= 0.3 is 0 Å². The van der Waals surface area contributed by atoms with Gasteiger partial charge in [0.25, 0.3) is 10.0 Å². The van der Waals surface area contributed by atoms with Crippen LogP contribution in [0, 0.1) is 13.8 Å². The SMILES string of the molecule is Cc1ccc(NS(=O)(=O)c2cnc(C3OCCO3)s2)c(C)n1. The van der Waals surface area contributed by atoms with E-state index in [1.54, 1.807) is 19.1 Å². The number of thiazole rings is 1. The molecule has 7 nitrogen and oxygen atoms in total. The first-order chi connectivity index (χ1) is 10.5. The van der Waals surface area contributed by atoms with Crippen molar-refractivity contribution in [2.75, 3.05) is 17.9 Å². The zero-order valence-electron chi connectivity index (χ0n) is 12.1. The first-order valence-electron chi connectivity index (χ1n) is 6.62. The predicted molar refractivity (Wildman–Crippen MR) is 81.3 cm³/mol. The number of aryl methyl sites for hydroxylation is 2. The molecule has 1 aliphatic heterocycles. The molecular weight excluding hydrogens is 326 g/mol. The van der Waals surface area contributed by atoms with Crippen LogP contribution in [0.1, 0.15) is 22.7 Å². The maximum atomic E-state index is 12.4. The van der Waals surface area contributed by atoms with Gasteiger partial charge in [-0.1, -0.05) is 0 Å². The van der Waals surface area contributed by atoms with E-state index in [4.69, 9.17) is 9.47 Å². The van der Waals surface area contributed by atoms with Gasteiger partial charge in [0.2, 0.25) is 6.29 Å². The summed E-state index contributed by atoms with van der Waals surface area (Å²) in [6, 6.07) is 3.45. The van der Waals surface area contributed by atoms with Crippen LogP contribution < -0.4 is 4.72 Å². The molecule has 0 unspecified atom stereocenters. The molecule has 0 aromatic carbocycles. The maximum Gasteiger partial charge on any atom is 0.273 e. The third-order valence-corrected chi connectivity index (χ3v) is 5.91. The lowest BCUT2D eigenvalue weighted by Crippen LogP contribution is -2.13. The van der Waals surface area contributed by atoms with E-state index in [9.17, 15) is 8.42 Å². The molecule has 0 amide bonds. The Bertz CT molecular complexity index is 782. The lowest BCUT2D eigenvalue weighted by molar-refractivity contribution is -0.0442. The van der Waals surface area contributed by atoms with Crippen LogP contribution in [0.15, 0.2) is 22.5 Å². The Labute approximate surface area is 132 Å². The molecule has 1 saturated heterocycles. The molecule has 1 aliphatic rings. The van der Waals surface area contributed by atoms with Crippen LogP contribution in [-0.4, -0.2) is 31.6 Å². The van der Waals surface area contributed by atoms with Crippen molar-refractivity contribution in [1.29, 1.82) is 0 Å². The fourth-order valence-electron chi connectivity index (χ4n) is 2.00. The highest BCUT2D eigenvalue weighted by atomic mass is 32.2. The predicted octanol–water partition coefficient (Wildman–Crippen LogP) is 2.00. The number of rotatable bonds is 4. The van der Waals surface area contributed by atoms with E-state index in [0.29, 0.717) is 29.6 Å². The van der Waals surface area contributed by atoms with E-state index in [0.717, 1.165) is 17.0 Å². The number of sulfonamides is 1. The summed E-state index contributed by atoms with van der Waals surface area (Å²) in [5.41, 5.74) is 1.90. The Morgan fingerprint density at radius 1 is 1.27 bits per heavy atom. The minimum absolute atomic E-state index is 0.113. The van der Waals surface area contributed by atoms with E-state index in [2.05, 4.69) is 14.7 Å². The lowest BCUT2D eigenvalue weighted by atomic mass is 10.3. The molecule has 0 aliphatic carbocycles. The van der Waals surface area contributed by atoms with Crippen LogP contribution >= 0.6 is 11.3 Å². The molecule has 9 heteroatoms. The van der Waals surface area contributed by atoms with Crippen molar-refractivity contribution in [2.24, 2.45) is 0 Å². The van der Waals surface area contributed by atoms with Crippen molar-refractivity contribution < 1.29 is 17.9 Å². The van der Waals surface area contributed by atoms with Crippen LogP contribution in [-0.2, 0) is 19.5 Å². The summed E-state index contributed by atoms with van der Waals surface area (Å²) in [4.78, 5) is 8.32. The molecule has 0 radical (unpaired) electrons. The van der Waals surface area contributed by atoms with E-state index < -0.39 is 16.3 Å². The van der Waals surface area contributed by atoms with E-state index >= 15 is 0 Å². The summed E-state index contributed by atoms with van der Waals surface area (Å²) in [5, 5.41) is 0.497. The standard InChI is InChI=1S/C13H15N3O4S2/c1-8-3-4-10(9(2)15-8)16-22(17,18)11-7-14-12(21-11)13-19-5-6-20-13/h3-4,7,13,16H,5-6H2,1-2H3. The van der Waals surface area contributed by atoms with Gasteiger partial charge in [0.05, 0.1) is 30.8 Å². The lowest BCUT2D eigenvalue weighted by Gasteiger charge is -2.09. The van der Waals surface area contributed by atoms with Crippen LogP contribution in [0.3, 0.4) is 0 Å². The Kier molecular flexibility index (Phi) is 4.13. The number of anilines is 1.